The standard InChI is InChI=1S/C15H19N3O2.ClH/c1-10(19)18-8-6-11-9-12(4-5-14(11)18)17-15(20)13-3-2-7-16-13;/h4-5,9,13,16H,2-3,6-8H2,1H3,(H,17,20);1H/t13-;/m0./s1. The van der Waals surface area contributed by atoms with Gasteiger partial charge in [0.05, 0.1) is 6.04 Å². The number of rotatable bonds is 2. The van der Waals surface area contributed by atoms with Gasteiger partial charge in [0.15, 0.2) is 0 Å². The number of hydrogen-bond acceptors (Lipinski definition) is 3. The zero-order chi connectivity index (χ0) is 14.1. The van der Waals surface area contributed by atoms with Crippen molar-refractivity contribution in [2.24, 2.45) is 0 Å². The molecule has 1 atom stereocenters. The molecule has 1 aromatic rings. The molecule has 6 heteroatoms. The van der Waals surface area contributed by atoms with E-state index in [9.17, 15) is 9.59 Å². The maximum atomic E-state index is 12.0. The molecule has 2 aliphatic heterocycles. The lowest BCUT2D eigenvalue weighted by Crippen LogP contribution is -2.35. The van der Waals surface area contributed by atoms with E-state index in [1.807, 2.05) is 18.2 Å². The lowest BCUT2D eigenvalue weighted by Gasteiger charge is -2.15. The van der Waals surface area contributed by atoms with E-state index < -0.39 is 0 Å². The highest BCUT2D eigenvalue weighted by molar-refractivity contribution is 5.97. The van der Waals surface area contributed by atoms with Crippen molar-refractivity contribution in [1.82, 2.24) is 5.32 Å². The predicted molar refractivity (Wildman–Crippen MR) is 85.1 cm³/mol. The summed E-state index contributed by atoms with van der Waals surface area (Å²) < 4.78 is 0. The maximum Gasteiger partial charge on any atom is 0.241 e. The van der Waals surface area contributed by atoms with Crippen LogP contribution in [0.25, 0.3) is 0 Å². The molecule has 114 valence electrons. The number of nitrogens with zero attached hydrogens (tertiary/aromatic N) is 1. The zero-order valence-electron chi connectivity index (χ0n) is 12.0. The Kier molecular flexibility index (Phi) is 4.85. The molecule has 3 rings (SSSR count). The Morgan fingerprint density at radius 1 is 1.38 bits per heavy atom. The summed E-state index contributed by atoms with van der Waals surface area (Å²) in [6.07, 6.45) is 2.80. The summed E-state index contributed by atoms with van der Waals surface area (Å²) in [6.45, 7) is 3.22. The van der Waals surface area contributed by atoms with Crippen LogP contribution in [0.5, 0.6) is 0 Å². The number of anilines is 2. The van der Waals surface area contributed by atoms with Crippen LogP contribution in [0.1, 0.15) is 25.3 Å². The number of benzene rings is 1. The summed E-state index contributed by atoms with van der Waals surface area (Å²) >= 11 is 0. The Labute approximate surface area is 130 Å². The number of hydrogen-bond donors (Lipinski definition) is 2. The fourth-order valence-corrected chi connectivity index (χ4v) is 2.94. The Hall–Kier alpha value is -1.59. The molecule has 2 N–H and O–H groups in total. The minimum atomic E-state index is -0.0722. The van der Waals surface area contributed by atoms with Crippen LogP contribution in [0, 0.1) is 0 Å². The quantitative estimate of drug-likeness (QED) is 0.874. The topological polar surface area (TPSA) is 61.4 Å². The Morgan fingerprint density at radius 3 is 2.86 bits per heavy atom. The van der Waals surface area contributed by atoms with Gasteiger partial charge < -0.3 is 15.5 Å². The number of amides is 2. The normalized spacial score (nSPS) is 19.9. The maximum absolute atomic E-state index is 12.0. The minimum Gasteiger partial charge on any atom is -0.325 e. The van der Waals surface area contributed by atoms with Gasteiger partial charge in [0.1, 0.15) is 0 Å². The highest BCUT2D eigenvalue weighted by atomic mass is 35.5. The van der Waals surface area contributed by atoms with Gasteiger partial charge in [-0.1, -0.05) is 0 Å². The molecule has 1 saturated heterocycles. The van der Waals surface area contributed by atoms with Crippen molar-refractivity contribution in [3.63, 3.8) is 0 Å². The van der Waals surface area contributed by atoms with Crippen LogP contribution in [0.4, 0.5) is 11.4 Å². The first-order valence-electron chi connectivity index (χ1n) is 7.10. The molecule has 0 spiro atoms. The Bertz CT molecular complexity index is 556. The van der Waals surface area contributed by atoms with E-state index >= 15 is 0 Å². The smallest absolute Gasteiger partial charge is 0.241 e. The van der Waals surface area contributed by atoms with Crippen molar-refractivity contribution >= 4 is 35.6 Å². The molecular weight excluding hydrogens is 290 g/mol. The van der Waals surface area contributed by atoms with Gasteiger partial charge in [-0.25, -0.2) is 0 Å². The zero-order valence-corrected chi connectivity index (χ0v) is 12.8. The molecule has 1 fully saturated rings. The molecule has 2 aliphatic rings. The van der Waals surface area contributed by atoms with Crippen LogP contribution in [0.2, 0.25) is 0 Å². The third kappa shape index (κ3) is 3.19. The van der Waals surface area contributed by atoms with Gasteiger partial charge in [0.25, 0.3) is 0 Å². The third-order valence-electron chi connectivity index (χ3n) is 4.00. The van der Waals surface area contributed by atoms with E-state index in [1.54, 1.807) is 11.8 Å². The second kappa shape index (κ2) is 6.45. The van der Waals surface area contributed by atoms with Gasteiger partial charge >= 0.3 is 0 Å². The van der Waals surface area contributed by atoms with Crippen LogP contribution >= 0.6 is 12.4 Å². The van der Waals surface area contributed by atoms with E-state index in [4.69, 9.17) is 0 Å². The van der Waals surface area contributed by atoms with Crippen LogP contribution < -0.4 is 15.5 Å². The average molecular weight is 310 g/mol. The van der Waals surface area contributed by atoms with Gasteiger partial charge in [-0.05, 0) is 49.6 Å². The molecule has 0 unspecified atom stereocenters. The summed E-state index contributed by atoms with van der Waals surface area (Å²) in [5.41, 5.74) is 2.90. The van der Waals surface area contributed by atoms with Gasteiger partial charge in [-0.15, -0.1) is 12.4 Å². The molecular formula is C15H20ClN3O2. The first-order chi connectivity index (χ1) is 9.65. The van der Waals surface area contributed by atoms with Crippen LogP contribution in [-0.2, 0) is 16.0 Å². The number of fused-ring (bicyclic) bond motifs is 1. The Morgan fingerprint density at radius 2 is 2.19 bits per heavy atom. The van der Waals surface area contributed by atoms with E-state index in [0.717, 1.165) is 49.3 Å². The van der Waals surface area contributed by atoms with Crippen molar-refractivity contribution in [3.05, 3.63) is 23.8 Å². The molecule has 0 radical (unpaired) electrons. The number of carbonyl (C=O) groups is 2. The van der Waals surface area contributed by atoms with E-state index in [1.165, 1.54) is 0 Å². The third-order valence-corrected chi connectivity index (χ3v) is 4.00. The molecule has 5 nitrogen and oxygen atoms in total. The van der Waals surface area contributed by atoms with Crippen molar-refractivity contribution in [1.29, 1.82) is 0 Å². The second-order valence-electron chi connectivity index (χ2n) is 5.40. The van der Waals surface area contributed by atoms with Crippen LogP contribution in [0.15, 0.2) is 18.2 Å². The summed E-state index contributed by atoms with van der Waals surface area (Å²) in [7, 11) is 0. The summed E-state index contributed by atoms with van der Waals surface area (Å²) in [5, 5.41) is 6.14. The summed E-state index contributed by atoms with van der Waals surface area (Å²) in [6, 6.07) is 5.69. The average Bonchev–Trinajstić information content (AvgIpc) is 3.07. The van der Waals surface area contributed by atoms with Crippen molar-refractivity contribution < 1.29 is 9.59 Å². The minimum absolute atomic E-state index is 0. The number of nitrogens with one attached hydrogen (secondary N) is 2. The number of halogens is 1. The first kappa shape index (κ1) is 15.8. The van der Waals surface area contributed by atoms with Crippen molar-refractivity contribution in [2.45, 2.75) is 32.2 Å². The van der Waals surface area contributed by atoms with E-state index in [-0.39, 0.29) is 30.3 Å². The van der Waals surface area contributed by atoms with Gasteiger partial charge in [-0.3, -0.25) is 9.59 Å². The molecule has 0 bridgehead atoms. The molecule has 2 heterocycles. The van der Waals surface area contributed by atoms with Crippen molar-refractivity contribution in [3.8, 4) is 0 Å². The fourth-order valence-electron chi connectivity index (χ4n) is 2.94. The highest BCUT2D eigenvalue weighted by Gasteiger charge is 2.24. The van der Waals surface area contributed by atoms with Crippen molar-refractivity contribution in [2.75, 3.05) is 23.3 Å². The molecule has 1 aromatic carbocycles. The summed E-state index contributed by atoms with van der Waals surface area (Å²) in [5.74, 6) is 0.0968. The first-order valence-corrected chi connectivity index (χ1v) is 7.10. The van der Waals surface area contributed by atoms with Gasteiger partial charge in [0.2, 0.25) is 11.8 Å². The monoisotopic (exact) mass is 309 g/mol. The molecule has 0 aromatic heterocycles. The SMILES string of the molecule is CC(=O)N1CCc2cc(NC(=O)[C@@H]3CCCN3)ccc21.Cl. The predicted octanol–water partition coefficient (Wildman–Crippen LogP) is 1.71. The highest BCUT2D eigenvalue weighted by Crippen LogP contribution is 2.30. The second-order valence-corrected chi connectivity index (χ2v) is 5.40. The molecule has 21 heavy (non-hydrogen) atoms. The van der Waals surface area contributed by atoms with Crippen LogP contribution in [-0.4, -0.2) is 30.9 Å². The lowest BCUT2D eigenvalue weighted by atomic mass is 10.1. The molecule has 0 saturated carbocycles. The largest absolute Gasteiger partial charge is 0.325 e. The van der Waals surface area contributed by atoms with Gasteiger partial charge in [-0.2, -0.15) is 0 Å². The van der Waals surface area contributed by atoms with Crippen LogP contribution in [0.3, 0.4) is 0 Å². The molecule has 2 amide bonds. The van der Waals surface area contributed by atoms with E-state index in [2.05, 4.69) is 10.6 Å². The molecule has 0 aliphatic carbocycles. The summed E-state index contributed by atoms with van der Waals surface area (Å²) in [4.78, 5) is 25.3. The fraction of sp³-hybridized carbons (Fsp3) is 0.467. The lowest BCUT2D eigenvalue weighted by molar-refractivity contribution is -0.118. The van der Waals surface area contributed by atoms with Gasteiger partial charge in [0, 0.05) is 24.8 Å². The van der Waals surface area contributed by atoms with E-state index in [0.29, 0.717) is 0 Å². The Balaban J connectivity index is 0.00000161. The number of carbonyl (C=O) groups excluding carboxylic acids is 2.